The van der Waals surface area contributed by atoms with Gasteiger partial charge in [0.15, 0.2) is 0 Å². The lowest BCUT2D eigenvalue weighted by molar-refractivity contribution is -0.137. The molecule has 1 aliphatic carbocycles. The smallest absolute Gasteiger partial charge is 0.416 e. The van der Waals surface area contributed by atoms with Gasteiger partial charge >= 0.3 is 6.18 Å². The molecule has 11 heteroatoms. The van der Waals surface area contributed by atoms with Crippen LogP contribution < -0.4 is 15.0 Å². The molecule has 4 atom stereocenters. The van der Waals surface area contributed by atoms with Crippen molar-refractivity contribution in [3.05, 3.63) is 53.5 Å². The van der Waals surface area contributed by atoms with Crippen LogP contribution in [0, 0.1) is 11.8 Å². The fraction of sp³-hybridized carbons (Fsp3) is 0.538. The Morgan fingerprint density at radius 2 is 1.86 bits per heavy atom. The van der Waals surface area contributed by atoms with Crippen LogP contribution in [0.5, 0.6) is 5.88 Å². The highest BCUT2D eigenvalue weighted by Gasteiger charge is 2.43. The van der Waals surface area contributed by atoms with Crippen LogP contribution in [0.4, 0.5) is 24.8 Å². The van der Waals surface area contributed by atoms with Gasteiger partial charge in [0.25, 0.3) is 0 Å². The number of fused-ring (bicyclic) bond motifs is 3. The lowest BCUT2D eigenvalue weighted by atomic mass is 9.92. The first-order valence-corrected chi connectivity index (χ1v) is 12.9. The van der Waals surface area contributed by atoms with E-state index in [-0.39, 0.29) is 12.0 Å². The number of aryl methyl sites for hydroxylation is 1. The van der Waals surface area contributed by atoms with Crippen molar-refractivity contribution in [1.82, 2.24) is 25.0 Å². The van der Waals surface area contributed by atoms with Crippen LogP contribution >= 0.6 is 0 Å². The van der Waals surface area contributed by atoms with Crippen molar-refractivity contribution < 1.29 is 17.9 Å². The first kappa shape index (κ1) is 24.0. The Labute approximate surface area is 213 Å². The van der Waals surface area contributed by atoms with Crippen LogP contribution in [0.25, 0.3) is 0 Å². The number of rotatable bonds is 5. The van der Waals surface area contributed by atoms with E-state index in [1.54, 1.807) is 19.4 Å². The Morgan fingerprint density at radius 3 is 2.62 bits per heavy atom. The minimum atomic E-state index is -4.37. The van der Waals surface area contributed by atoms with Gasteiger partial charge in [0.05, 0.1) is 24.6 Å². The summed E-state index contributed by atoms with van der Waals surface area (Å²) < 4.78 is 47.2. The molecule has 37 heavy (non-hydrogen) atoms. The van der Waals surface area contributed by atoms with Gasteiger partial charge in [-0.3, -0.25) is 0 Å². The summed E-state index contributed by atoms with van der Waals surface area (Å²) in [5.74, 6) is 2.49. The summed E-state index contributed by atoms with van der Waals surface area (Å²) in [6, 6.07) is 7.83. The van der Waals surface area contributed by atoms with Crippen molar-refractivity contribution in [3.63, 3.8) is 0 Å². The fourth-order valence-electron chi connectivity index (χ4n) is 6.25. The van der Waals surface area contributed by atoms with E-state index in [1.807, 2.05) is 10.7 Å². The molecule has 2 aromatic heterocycles. The Morgan fingerprint density at radius 1 is 1.05 bits per heavy atom. The SMILES string of the molecule is COc1cc(N2CC3CC[C@@H](C2)[C@@H]3Nc2nc3n(n2)CCCCC3c2cccc(C(F)(F)F)c2)cnn1. The van der Waals surface area contributed by atoms with Crippen molar-refractivity contribution in [2.24, 2.45) is 11.8 Å². The predicted molar refractivity (Wildman–Crippen MR) is 132 cm³/mol. The number of nitrogens with one attached hydrogen (secondary N) is 1. The molecule has 1 saturated carbocycles. The molecule has 1 N–H and O–H groups in total. The number of halogens is 3. The molecular weight excluding hydrogens is 483 g/mol. The summed E-state index contributed by atoms with van der Waals surface area (Å²) >= 11 is 0. The van der Waals surface area contributed by atoms with Gasteiger partial charge in [-0.15, -0.1) is 10.2 Å². The molecule has 196 valence electrons. The average molecular weight is 514 g/mol. The summed E-state index contributed by atoms with van der Waals surface area (Å²) in [7, 11) is 1.59. The zero-order valence-corrected chi connectivity index (χ0v) is 20.7. The molecule has 1 aromatic carbocycles. The minimum Gasteiger partial charge on any atom is -0.480 e. The number of alkyl halides is 3. The fourth-order valence-corrected chi connectivity index (χ4v) is 6.25. The molecule has 2 fully saturated rings. The molecular formula is C26H30F3N7O. The van der Waals surface area contributed by atoms with Gasteiger partial charge < -0.3 is 15.0 Å². The number of aromatic nitrogens is 5. The monoisotopic (exact) mass is 513 g/mol. The van der Waals surface area contributed by atoms with E-state index in [1.165, 1.54) is 12.1 Å². The van der Waals surface area contributed by atoms with Gasteiger partial charge in [-0.1, -0.05) is 24.6 Å². The van der Waals surface area contributed by atoms with E-state index in [0.717, 1.165) is 69.3 Å². The second-order valence-corrected chi connectivity index (χ2v) is 10.3. The second kappa shape index (κ2) is 9.50. The Bertz CT molecular complexity index is 1250. The van der Waals surface area contributed by atoms with Crippen molar-refractivity contribution >= 4 is 11.6 Å². The maximum absolute atomic E-state index is 13.4. The van der Waals surface area contributed by atoms with Crippen LogP contribution in [0.2, 0.25) is 0 Å². The first-order chi connectivity index (χ1) is 17.9. The van der Waals surface area contributed by atoms with E-state index in [2.05, 4.69) is 20.4 Å². The quantitative estimate of drug-likeness (QED) is 0.528. The molecule has 4 heterocycles. The van der Waals surface area contributed by atoms with Crippen LogP contribution in [-0.2, 0) is 12.7 Å². The zero-order chi connectivity index (χ0) is 25.6. The number of hydrogen-bond acceptors (Lipinski definition) is 7. The molecule has 6 rings (SSSR count). The second-order valence-electron chi connectivity index (χ2n) is 10.3. The standard InChI is InChI=1S/C26H30F3N7O/c1-37-22-12-20(13-30-33-22)35-14-17-8-9-18(15-35)23(17)31-25-32-24-21(7-2-3-10-36(24)34-25)16-5-4-6-19(11-16)26(27,28)29/h4-6,11-13,17-18,21,23H,2-3,7-10,14-15H2,1H3,(H,31,34)/t17-,18?,21?,23-/m0/s1. The predicted octanol–water partition coefficient (Wildman–Crippen LogP) is 4.74. The third-order valence-electron chi connectivity index (χ3n) is 8.06. The van der Waals surface area contributed by atoms with Crippen LogP contribution in [0.3, 0.4) is 0 Å². The maximum atomic E-state index is 13.4. The molecule has 3 aromatic rings. The van der Waals surface area contributed by atoms with Gasteiger partial charge in [-0.2, -0.15) is 23.3 Å². The molecule has 0 radical (unpaired) electrons. The zero-order valence-electron chi connectivity index (χ0n) is 20.7. The number of piperidine rings is 1. The van der Waals surface area contributed by atoms with Crippen molar-refractivity contribution in [1.29, 1.82) is 0 Å². The number of methoxy groups -OCH3 is 1. The van der Waals surface area contributed by atoms with Crippen LogP contribution in [0.1, 0.15) is 55.0 Å². The molecule has 0 spiro atoms. The highest BCUT2D eigenvalue weighted by Crippen LogP contribution is 2.41. The average Bonchev–Trinajstić information content (AvgIpc) is 3.30. The molecule has 2 unspecified atom stereocenters. The summed E-state index contributed by atoms with van der Waals surface area (Å²) in [6.07, 6.45) is 2.25. The van der Waals surface area contributed by atoms with E-state index in [9.17, 15) is 13.2 Å². The summed E-state index contributed by atoms with van der Waals surface area (Å²) in [5, 5.41) is 16.4. The first-order valence-electron chi connectivity index (χ1n) is 12.9. The van der Waals surface area contributed by atoms with E-state index >= 15 is 0 Å². The molecule has 3 aliphatic rings. The largest absolute Gasteiger partial charge is 0.480 e. The number of benzene rings is 1. The molecule has 2 aliphatic heterocycles. The highest BCUT2D eigenvalue weighted by molar-refractivity contribution is 5.48. The van der Waals surface area contributed by atoms with Gasteiger partial charge in [0.1, 0.15) is 5.82 Å². The number of hydrogen-bond donors (Lipinski definition) is 1. The van der Waals surface area contributed by atoms with E-state index in [4.69, 9.17) is 14.8 Å². The van der Waals surface area contributed by atoms with Crippen molar-refractivity contribution in [3.8, 4) is 5.88 Å². The highest BCUT2D eigenvalue weighted by atomic mass is 19.4. The molecule has 2 bridgehead atoms. The minimum absolute atomic E-state index is 0.208. The number of ether oxygens (including phenoxy) is 1. The van der Waals surface area contributed by atoms with E-state index < -0.39 is 11.7 Å². The lowest BCUT2D eigenvalue weighted by Crippen LogP contribution is -2.48. The van der Waals surface area contributed by atoms with Gasteiger partial charge in [-0.25, -0.2) is 4.68 Å². The Balaban J connectivity index is 1.21. The number of nitrogens with zero attached hydrogens (tertiary/aromatic N) is 6. The summed E-state index contributed by atoms with van der Waals surface area (Å²) in [6.45, 7) is 2.51. The van der Waals surface area contributed by atoms with Crippen LogP contribution in [-0.4, -0.2) is 51.2 Å². The maximum Gasteiger partial charge on any atom is 0.416 e. The molecule has 1 saturated heterocycles. The van der Waals surface area contributed by atoms with Gasteiger partial charge in [0.2, 0.25) is 11.8 Å². The van der Waals surface area contributed by atoms with Crippen molar-refractivity contribution in [2.75, 3.05) is 30.4 Å². The molecule has 8 nitrogen and oxygen atoms in total. The molecule has 0 amide bonds. The third-order valence-corrected chi connectivity index (χ3v) is 8.06. The third kappa shape index (κ3) is 4.71. The summed E-state index contributed by atoms with van der Waals surface area (Å²) in [4.78, 5) is 7.21. The van der Waals surface area contributed by atoms with E-state index in [0.29, 0.717) is 29.2 Å². The lowest BCUT2D eigenvalue weighted by Gasteiger charge is -2.39. The van der Waals surface area contributed by atoms with Gasteiger partial charge in [0, 0.05) is 37.7 Å². The topological polar surface area (TPSA) is 81.0 Å². The number of anilines is 2. The van der Waals surface area contributed by atoms with Crippen molar-refractivity contribution in [2.45, 2.75) is 56.8 Å². The Hall–Kier alpha value is -3.37. The normalized spacial score (nSPS) is 25.5. The van der Waals surface area contributed by atoms with Crippen LogP contribution in [0.15, 0.2) is 36.5 Å². The van der Waals surface area contributed by atoms with Gasteiger partial charge in [-0.05, 0) is 49.1 Å². The Kier molecular flexibility index (Phi) is 6.16. The summed E-state index contributed by atoms with van der Waals surface area (Å²) in [5.41, 5.74) is 1.04.